The van der Waals surface area contributed by atoms with E-state index in [1.54, 1.807) is 0 Å². The van der Waals surface area contributed by atoms with Crippen LogP contribution in [0.3, 0.4) is 0 Å². The molecule has 1 aromatic heterocycles. The maximum Gasteiger partial charge on any atom is 0.338 e. The number of nitrogens with one attached hydrogen (secondary N) is 2. The van der Waals surface area contributed by atoms with Crippen molar-refractivity contribution in [3.8, 4) is 0 Å². The van der Waals surface area contributed by atoms with E-state index in [4.69, 9.17) is 4.74 Å². The van der Waals surface area contributed by atoms with E-state index >= 15 is 0 Å². The van der Waals surface area contributed by atoms with E-state index in [0.29, 0.717) is 5.69 Å². The van der Waals surface area contributed by atoms with E-state index < -0.39 is 29.7 Å². The molecule has 0 spiro atoms. The van der Waals surface area contributed by atoms with Gasteiger partial charge in [-0.2, -0.15) is 0 Å². The first-order valence-corrected chi connectivity index (χ1v) is 7.80. The predicted octanol–water partition coefficient (Wildman–Crippen LogP) is -0.162. The molecule has 0 saturated heterocycles. The molecule has 0 bridgehead atoms. The lowest BCUT2D eigenvalue weighted by molar-refractivity contribution is -0.119. The molecule has 0 unspecified atom stereocenters. The average molecular weight is 374 g/mol. The third kappa shape index (κ3) is 4.91. The first-order chi connectivity index (χ1) is 12.7. The fourth-order valence-electron chi connectivity index (χ4n) is 2.14. The summed E-state index contributed by atoms with van der Waals surface area (Å²) in [6.07, 6.45) is 0. The van der Waals surface area contributed by atoms with E-state index in [0.717, 1.165) is 15.2 Å². The zero-order valence-corrected chi connectivity index (χ0v) is 14.9. The minimum absolute atomic E-state index is 0.0104. The molecule has 27 heavy (non-hydrogen) atoms. The molecular weight excluding hydrogens is 356 g/mol. The van der Waals surface area contributed by atoms with E-state index in [1.165, 1.54) is 45.3 Å². The van der Waals surface area contributed by atoms with Gasteiger partial charge >= 0.3 is 11.7 Å². The molecule has 142 valence electrons. The van der Waals surface area contributed by atoms with E-state index in [1.807, 2.05) is 0 Å². The first-order valence-electron chi connectivity index (χ1n) is 7.80. The highest BCUT2D eigenvalue weighted by Gasteiger charge is 2.13. The number of esters is 1. The third-order valence-corrected chi connectivity index (χ3v) is 3.57. The largest absolute Gasteiger partial charge is 0.452 e. The average Bonchev–Trinajstić information content (AvgIpc) is 2.62. The molecule has 2 aromatic rings. The van der Waals surface area contributed by atoms with Gasteiger partial charge in [0.25, 0.3) is 11.5 Å². The van der Waals surface area contributed by atoms with Crippen molar-refractivity contribution in [2.24, 2.45) is 14.1 Å². The van der Waals surface area contributed by atoms with Gasteiger partial charge in [-0.3, -0.25) is 23.5 Å². The van der Waals surface area contributed by atoms with Crippen LogP contribution in [0, 0.1) is 0 Å². The Bertz CT molecular complexity index is 1000. The molecule has 0 fully saturated rings. The molecule has 0 radical (unpaired) electrons. The summed E-state index contributed by atoms with van der Waals surface area (Å²) in [7, 11) is 2.70. The Balaban J connectivity index is 1.97. The van der Waals surface area contributed by atoms with E-state index in [2.05, 4.69) is 10.6 Å². The normalized spacial score (nSPS) is 10.2. The van der Waals surface area contributed by atoms with Crippen molar-refractivity contribution in [3.63, 3.8) is 0 Å². The summed E-state index contributed by atoms with van der Waals surface area (Å²) in [6, 6.07) is 7.01. The fourth-order valence-corrected chi connectivity index (χ4v) is 2.14. The van der Waals surface area contributed by atoms with Crippen LogP contribution in [0.1, 0.15) is 17.3 Å². The van der Waals surface area contributed by atoms with Crippen molar-refractivity contribution in [2.45, 2.75) is 6.92 Å². The van der Waals surface area contributed by atoms with Gasteiger partial charge in [-0.05, 0) is 24.3 Å². The van der Waals surface area contributed by atoms with Gasteiger partial charge in [-0.15, -0.1) is 0 Å². The minimum Gasteiger partial charge on any atom is -0.452 e. The summed E-state index contributed by atoms with van der Waals surface area (Å²) in [5, 5.41) is 4.90. The number of anilines is 2. The number of amides is 2. The Hall–Kier alpha value is -3.69. The molecule has 0 atom stereocenters. The van der Waals surface area contributed by atoms with Crippen LogP contribution in [0.5, 0.6) is 0 Å². The lowest BCUT2D eigenvalue weighted by atomic mass is 10.2. The van der Waals surface area contributed by atoms with Crippen LogP contribution in [0.25, 0.3) is 0 Å². The number of carbonyl (C=O) groups is 3. The Labute approximate surface area is 153 Å². The van der Waals surface area contributed by atoms with Crippen molar-refractivity contribution in [2.75, 3.05) is 17.2 Å². The Morgan fingerprint density at radius 2 is 1.63 bits per heavy atom. The van der Waals surface area contributed by atoms with Crippen LogP contribution in [0.15, 0.2) is 39.9 Å². The highest BCUT2D eigenvalue weighted by Crippen LogP contribution is 2.10. The van der Waals surface area contributed by atoms with Crippen molar-refractivity contribution in [1.29, 1.82) is 0 Å². The van der Waals surface area contributed by atoms with E-state index in [9.17, 15) is 24.0 Å². The number of ether oxygens (including phenoxy) is 1. The topological polar surface area (TPSA) is 128 Å². The molecule has 0 aliphatic rings. The van der Waals surface area contributed by atoms with Crippen LogP contribution in [-0.2, 0) is 28.4 Å². The monoisotopic (exact) mass is 374 g/mol. The van der Waals surface area contributed by atoms with Crippen LogP contribution in [-0.4, -0.2) is 33.5 Å². The molecule has 2 N–H and O–H groups in total. The zero-order chi connectivity index (χ0) is 20.1. The van der Waals surface area contributed by atoms with Crippen molar-refractivity contribution in [3.05, 3.63) is 56.7 Å². The quantitative estimate of drug-likeness (QED) is 0.700. The standard InChI is InChI=1S/C17H18N4O6/c1-10(22)18-12-6-4-11(5-7-12)16(25)27-9-14(23)19-13-8-15(24)21(3)17(26)20(13)2/h4-8H,9H2,1-3H3,(H,18,22)(H,19,23). The van der Waals surface area contributed by atoms with Gasteiger partial charge in [0, 0.05) is 32.8 Å². The molecule has 0 saturated carbocycles. The fraction of sp³-hybridized carbons (Fsp3) is 0.235. The van der Waals surface area contributed by atoms with Crippen molar-refractivity contribution >= 4 is 29.3 Å². The van der Waals surface area contributed by atoms with Gasteiger partial charge in [-0.1, -0.05) is 0 Å². The lowest BCUT2D eigenvalue weighted by Crippen LogP contribution is -2.38. The third-order valence-electron chi connectivity index (χ3n) is 3.57. The summed E-state index contributed by atoms with van der Waals surface area (Å²) in [5.74, 6) is -1.70. The number of benzene rings is 1. The Morgan fingerprint density at radius 1 is 1.00 bits per heavy atom. The summed E-state index contributed by atoms with van der Waals surface area (Å²) < 4.78 is 6.87. The van der Waals surface area contributed by atoms with Gasteiger partial charge in [0.05, 0.1) is 5.56 Å². The van der Waals surface area contributed by atoms with Crippen LogP contribution >= 0.6 is 0 Å². The zero-order valence-electron chi connectivity index (χ0n) is 14.9. The number of carbonyl (C=O) groups excluding carboxylic acids is 3. The second-order valence-corrected chi connectivity index (χ2v) is 5.65. The van der Waals surface area contributed by atoms with Crippen molar-refractivity contribution < 1.29 is 19.1 Å². The number of hydrogen-bond donors (Lipinski definition) is 2. The Kier molecular flexibility index (Phi) is 5.91. The predicted molar refractivity (Wildman–Crippen MR) is 96.6 cm³/mol. The second kappa shape index (κ2) is 8.13. The molecule has 2 rings (SSSR count). The summed E-state index contributed by atoms with van der Waals surface area (Å²) in [6.45, 7) is 0.759. The number of nitrogens with zero attached hydrogens (tertiary/aromatic N) is 2. The lowest BCUT2D eigenvalue weighted by Gasteiger charge is -2.11. The molecule has 0 aliphatic carbocycles. The summed E-state index contributed by atoms with van der Waals surface area (Å²) >= 11 is 0. The maximum absolute atomic E-state index is 12.0. The summed E-state index contributed by atoms with van der Waals surface area (Å²) in [4.78, 5) is 58.3. The van der Waals surface area contributed by atoms with Gasteiger partial charge in [-0.25, -0.2) is 9.59 Å². The van der Waals surface area contributed by atoms with Crippen LogP contribution in [0.2, 0.25) is 0 Å². The molecule has 1 heterocycles. The van der Waals surface area contributed by atoms with Crippen LogP contribution < -0.4 is 21.9 Å². The highest BCUT2D eigenvalue weighted by molar-refractivity contribution is 5.95. The molecule has 1 aromatic carbocycles. The highest BCUT2D eigenvalue weighted by atomic mass is 16.5. The SMILES string of the molecule is CC(=O)Nc1ccc(C(=O)OCC(=O)Nc2cc(=O)n(C)c(=O)n2C)cc1. The van der Waals surface area contributed by atoms with Crippen LogP contribution in [0.4, 0.5) is 11.5 Å². The van der Waals surface area contributed by atoms with Gasteiger partial charge in [0.2, 0.25) is 5.91 Å². The second-order valence-electron chi connectivity index (χ2n) is 5.65. The van der Waals surface area contributed by atoms with Crippen molar-refractivity contribution in [1.82, 2.24) is 9.13 Å². The number of hydrogen-bond acceptors (Lipinski definition) is 6. The summed E-state index contributed by atoms with van der Waals surface area (Å²) in [5.41, 5.74) is -0.472. The molecule has 10 heteroatoms. The molecule has 0 aliphatic heterocycles. The van der Waals surface area contributed by atoms with Gasteiger partial charge in [0.1, 0.15) is 5.82 Å². The maximum atomic E-state index is 12.0. The minimum atomic E-state index is -0.739. The molecular formula is C17H18N4O6. The van der Waals surface area contributed by atoms with Gasteiger partial charge in [0.15, 0.2) is 6.61 Å². The smallest absolute Gasteiger partial charge is 0.338 e. The molecule has 2 amide bonds. The van der Waals surface area contributed by atoms with Gasteiger partial charge < -0.3 is 15.4 Å². The number of rotatable bonds is 5. The first kappa shape index (κ1) is 19.6. The molecule has 10 nitrogen and oxygen atoms in total. The Morgan fingerprint density at radius 3 is 2.22 bits per heavy atom. The number of aromatic nitrogens is 2. The van der Waals surface area contributed by atoms with E-state index in [-0.39, 0.29) is 17.3 Å².